The Hall–Kier alpha value is -0.360. The second-order valence-electron chi connectivity index (χ2n) is 4.46. The SMILES string of the molecule is O=C(O)CCSC1(SCCC(=O)O)CCCCC1. The van der Waals surface area contributed by atoms with E-state index in [0.29, 0.717) is 11.5 Å². The summed E-state index contributed by atoms with van der Waals surface area (Å²) in [5.41, 5.74) is 0. The van der Waals surface area contributed by atoms with E-state index in [1.165, 1.54) is 19.3 Å². The Morgan fingerprint density at radius 1 is 0.889 bits per heavy atom. The van der Waals surface area contributed by atoms with Gasteiger partial charge in [-0.2, -0.15) is 0 Å². The van der Waals surface area contributed by atoms with Crippen molar-refractivity contribution in [2.24, 2.45) is 0 Å². The van der Waals surface area contributed by atoms with Crippen LogP contribution in [0.2, 0.25) is 0 Å². The maximum atomic E-state index is 10.6. The summed E-state index contributed by atoms with van der Waals surface area (Å²) in [5.74, 6) is -0.279. The van der Waals surface area contributed by atoms with Crippen molar-refractivity contribution >= 4 is 35.5 Å². The lowest BCUT2D eigenvalue weighted by Gasteiger charge is -2.36. The molecule has 1 aliphatic carbocycles. The quantitative estimate of drug-likeness (QED) is 0.670. The Morgan fingerprint density at radius 2 is 1.33 bits per heavy atom. The number of carboxylic acid groups (broad SMARTS) is 2. The molecule has 1 saturated carbocycles. The van der Waals surface area contributed by atoms with Gasteiger partial charge < -0.3 is 10.2 Å². The Bertz CT molecular complexity index is 266. The first-order valence-electron chi connectivity index (χ1n) is 6.26. The summed E-state index contributed by atoms with van der Waals surface area (Å²) < 4.78 is 0.0587. The minimum absolute atomic E-state index is 0.0587. The average molecular weight is 292 g/mol. The van der Waals surface area contributed by atoms with Crippen LogP contribution in [0.3, 0.4) is 0 Å². The number of rotatable bonds is 8. The number of hydrogen-bond acceptors (Lipinski definition) is 4. The van der Waals surface area contributed by atoms with Crippen LogP contribution < -0.4 is 0 Å². The number of thioether (sulfide) groups is 2. The second-order valence-corrected chi connectivity index (χ2v) is 7.67. The molecule has 0 atom stereocenters. The predicted octanol–water partition coefficient (Wildman–Crippen LogP) is 3.06. The molecule has 0 aliphatic heterocycles. The summed E-state index contributed by atoms with van der Waals surface area (Å²) >= 11 is 3.43. The van der Waals surface area contributed by atoms with E-state index in [9.17, 15) is 9.59 Å². The molecule has 0 aromatic carbocycles. The molecule has 0 heterocycles. The summed E-state index contributed by atoms with van der Waals surface area (Å²) in [5, 5.41) is 17.4. The van der Waals surface area contributed by atoms with Gasteiger partial charge in [-0.25, -0.2) is 0 Å². The molecule has 0 aromatic rings. The zero-order valence-corrected chi connectivity index (χ0v) is 12.0. The Balaban J connectivity index is 2.41. The van der Waals surface area contributed by atoms with E-state index >= 15 is 0 Å². The van der Waals surface area contributed by atoms with Crippen molar-refractivity contribution in [3.05, 3.63) is 0 Å². The molecular formula is C12H20O4S2. The molecule has 0 amide bonds. The minimum Gasteiger partial charge on any atom is -0.481 e. The Kier molecular flexibility index (Phi) is 6.92. The summed E-state index contributed by atoms with van der Waals surface area (Å²) in [6, 6.07) is 0. The zero-order valence-electron chi connectivity index (χ0n) is 10.4. The molecule has 0 radical (unpaired) electrons. The maximum Gasteiger partial charge on any atom is 0.304 e. The predicted molar refractivity (Wildman–Crippen MR) is 75.2 cm³/mol. The van der Waals surface area contributed by atoms with Crippen LogP contribution in [0.4, 0.5) is 0 Å². The Morgan fingerprint density at radius 3 is 1.72 bits per heavy atom. The molecule has 0 saturated heterocycles. The first kappa shape index (κ1) is 15.7. The highest BCUT2D eigenvalue weighted by atomic mass is 32.2. The zero-order chi connectivity index (χ0) is 13.4. The van der Waals surface area contributed by atoms with Gasteiger partial charge in [0.2, 0.25) is 0 Å². The summed E-state index contributed by atoms with van der Waals surface area (Å²) in [6.07, 6.45) is 6.09. The van der Waals surface area contributed by atoms with Crippen molar-refractivity contribution in [3.8, 4) is 0 Å². The first-order chi connectivity index (χ1) is 8.54. The molecule has 4 nitrogen and oxygen atoms in total. The van der Waals surface area contributed by atoms with Gasteiger partial charge >= 0.3 is 11.9 Å². The lowest BCUT2D eigenvalue weighted by molar-refractivity contribution is -0.137. The minimum atomic E-state index is -0.760. The fourth-order valence-electron chi connectivity index (χ4n) is 2.07. The highest BCUT2D eigenvalue weighted by Gasteiger charge is 2.33. The van der Waals surface area contributed by atoms with Crippen LogP contribution >= 0.6 is 23.5 Å². The Labute approximate surface area is 116 Å². The van der Waals surface area contributed by atoms with Gasteiger partial charge in [0.1, 0.15) is 0 Å². The van der Waals surface area contributed by atoms with Gasteiger partial charge in [0.25, 0.3) is 0 Å². The molecule has 18 heavy (non-hydrogen) atoms. The molecule has 1 aliphatic rings. The fourth-order valence-corrected chi connectivity index (χ4v) is 5.35. The largest absolute Gasteiger partial charge is 0.481 e. The second kappa shape index (κ2) is 7.94. The van der Waals surface area contributed by atoms with Crippen LogP contribution in [0.1, 0.15) is 44.9 Å². The number of hydrogen-bond donors (Lipinski definition) is 2. The molecule has 1 rings (SSSR count). The number of carboxylic acids is 2. The van der Waals surface area contributed by atoms with Gasteiger partial charge in [-0.3, -0.25) is 9.59 Å². The van der Waals surface area contributed by atoms with Crippen molar-refractivity contribution in [1.82, 2.24) is 0 Å². The van der Waals surface area contributed by atoms with Crippen LogP contribution in [0.15, 0.2) is 0 Å². The van der Waals surface area contributed by atoms with Crippen molar-refractivity contribution in [1.29, 1.82) is 0 Å². The van der Waals surface area contributed by atoms with E-state index in [1.54, 1.807) is 23.5 Å². The van der Waals surface area contributed by atoms with E-state index in [4.69, 9.17) is 10.2 Å². The van der Waals surface area contributed by atoms with E-state index in [1.807, 2.05) is 0 Å². The molecule has 104 valence electrons. The van der Waals surface area contributed by atoms with Crippen molar-refractivity contribution in [3.63, 3.8) is 0 Å². The van der Waals surface area contributed by atoms with Crippen molar-refractivity contribution in [2.75, 3.05) is 11.5 Å². The van der Waals surface area contributed by atoms with Crippen molar-refractivity contribution in [2.45, 2.75) is 49.0 Å². The smallest absolute Gasteiger partial charge is 0.304 e. The number of carbonyl (C=O) groups is 2. The van der Waals surface area contributed by atoms with Crippen LogP contribution in [-0.2, 0) is 9.59 Å². The van der Waals surface area contributed by atoms with Crippen LogP contribution in [0, 0.1) is 0 Å². The molecule has 0 aromatic heterocycles. The molecule has 6 heteroatoms. The third-order valence-electron chi connectivity index (χ3n) is 2.98. The van der Waals surface area contributed by atoms with Crippen LogP contribution in [0.5, 0.6) is 0 Å². The molecule has 0 bridgehead atoms. The summed E-state index contributed by atoms with van der Waals surface area (Å²) in [6.45, 7) is 0. The third-order valence-corrected chi connectivity index (χ3v) is 6.37. The van der Waals surface area contributed by atoms with E-state index in [-0.39, 0.29) is 16.9 Å². The molecular weight excluding hydrogens is 272 g/mol. The van der Waals surface area contributed by atoms with Gasteiger partial charge in [0.15, 0.2) is 0 Å². The number of aliphatic carboxylic acids is 2. The lowest BCUT2D eigenvalue weighted by Crippen LogP contribution is -2.25. The van der Waals surface area contributed by atoms with Gasteiger partial charge in [0, 0.05) is 11.5 Å². The fraction of sp³-hybridized carbons (Fsp3) is 0.833. The topological polar surface area (TPSA) is 74.6 Å². The molecule has 2 N–H and O–H groups in total. The molecule has 0 unspecified atom stereocenters. The highest BCUT2D eigenvalue weighted by Crippen LogP contribution is 2.48. The monoisotopic (exact) mass is 292 g/mol. The summed E-state index contributed by atoms with van der Waals surface area (Å²) in [7, 11) is 0. The summed E-state index contributed by atoms with van der Waals surface area (Å²) in [4.78, 5) is 21.1. The van der Waals surface area contributed by atoms with Crippen LogP contribution in [-0.4, -0.2) is 37.7 Å². The van der Waals surface area contributed by atoms with Gasteiger partial charge in [-0.05, 0) is 12.8 Å². The van der Waals surface area contributed by atoms with E-state index in [0.717, 1.165) is 12.8 Å². The highest BCUT2D eigenvalue weighted by molar-refractivity contribution is 8.18. The van der Waals surface area contributed by atoms with Gasteiger partial charge in [0.05, 0.1) is 16.9 Å². The van der Waals surface area contributed by atoms with Crippen LogP contribution in [0.25, 0.3) is 0 Å². The normalized spacial score (nSPS) is 18.4. The first-order valence-corrected chi connectivity index (χ1v) is 8.23. The lowest BCUT2D eigenvalue weighted by atomic mass is 10.00. The van der Waals surface area contributed by atoms with E-state index < -0.39 is 11.9 Å². The molecule has 0 spiro atoms. The van der Waals surface area contributed by atoms with Gasteiger partial charge in [-0.15, -0.1) is 23.5 Å². The standard InChI is InChI=1S/C12H20O4S2/c13-10(14)4-8-17-12(6-2-1-3-7-12)18-9-5-11(15)16/h1-9H2,(H,13,14)(H,15,16). The average Bonchev–Trinajstić information content (AvgIpc) is 2.29. The maximum absolute atomic E-state index is 10.6. The van der Waals surface area contributed by atoms with Gasteiger partial charge in [-0.1, -0.05) is 19.3 Å². The third kappa shape index (κ3) is 6.00. The van der Waals surface area contributed by atoms with Crippen molar-refractivity contribution < 1.29 is 19.8 Å². The van der Waals surface area contributed by atoms with E-state index in [2.05, 4.69) is 0 Å². The molecule has 1 fully saturated rings.